The Morgan fingerprint density at radius 1 is 1.05 bits per heavy atom. The zero-order valence-corrected chi connectivity index (χ0v) is 22.9. The summed E-state index contributed by atoms with van der Waals surface area (Å²) in [7, 11) is 1.36. The predicted octanol–water partition coefficient (Wildman–Crippen LogP) is 4.63. The Morgan fingerprint density at radius 3 is 2.48 bits per heavy atom. The van der Waals surface area contributed by atoms with Gasteiger partial charge in [0.1, 0.15) is 24.2 Å². The van der Waals surface area contributed by atoms with Gasteiger partial charge in [-0.3, -0.25) is 14.4 Å². The molecular formula is C30H33FN2O7. The highest BCUT2D eigenvalue weighted by atomic mass is 19.1. The molecule has 0 aliphatic carbocycles. The highest BCUT2D eigenvalue weighted by molar-refractivity contribution is 5.98. The first-order chi connectivity index (χ1) is 19.2. The number of aromatic nitrogens is 1. The lowest BCUT2D eigenvalue weighted by atomic mass is 9.90. The molecule has 9 nitrogen and oxygen atoms in total. The summed E-state index contributed by atoms with van der Waals surface area (Å²) < 4.78 is 35.8. The summed E-state index contributed by atoms with van der Waals surface area (Å²) in [5, 5.41) is 2.46. The van der Waals surface area contributed by atoms with E-state index in [1.165, 1.54) is 38.4 Å². The Kier molecular flexibility index (Phi) is 11.0. The number of pyridine rings is 1. The molecule has 0 spiro atoms. The van der Waals surface area contributed by atoms with E-state index in [1.54, 1.807) is 6.07 Å². The lowest BCUT2D eigenvalue weighted by Gasteiger charge is -2.26. The number of methoxy groups -OCH3 is 1. The third kappa shape index (κ3) is 8.26. The number of amides is 1. The van der Waals surface area contributed by atoms with Crippen molar-refractivity contribution >= 4 is 17.8 Å². The molecule has 0 bridgehead atoms. The van der Waals surface area contributed by atoms with E-state index in [-0.39, 0.29) is 29.5 Å². The summed E-state index contributed by atoms with van der Waals surface area (Å²) in [6.45, 7) is 4.99. The van der Waals surface area contributed by atoms with Crippen LogP contribution in [0.25, 0.3) is 0 Å². The number of nitrogens with one attached hydrogen (secondary N) is 1. The van der Waals surface area contributed by atoms with Gasteiger partial charge in [0.05, 0.1) is 13.7 Å². The van der Waals surface area contributed by atoms with Crippen molar-refractivity contribution in [2.24, 2.45) is 0 Å². The van der Waals surface area contributed by atoms with Crippen molar-refractivity contribution in [2.45, 2.75) is 45.6 Å². The molecule has 212 valence electrons. The number of carbonyl (C=O) groups is 3. The zero-order chi connectivity index (χ0) is 29.1. The first-order valence-electron chi connectivity index (χ1n) is 12.9. The molecule has 2 aromatic carbocycles. The van der Waals surface area contributed by atoms with Crippen LogP contribution < -0.4 is 19.5 Å². The molecule has 1 aromatic heterocycles. The maximum Gasteiger partial charge on any atom is 0.325 e. The number of ether oxygens (including phenoxy) is 4. The number of halogens is 1. The quantitative estimate of drug-likeness (QED) is 0.306. The van der Waals surface area contributed by atoms with Crippen LogP contribution in [0.4, 0.5) is 4.39 Å². The molecule has 2 atom stereocenters. The van der Waals surface area contributed by atoms with Crippen molar-refractivity contribution in [2.75, 3.05) is 20.3 Å². The fourth-order valence-corrected chi connectivity index (χ4v) is 3.99. The zero-order valence-electron chi connectivity index (χ0n) is 22.9. The Bertz CT molecular complexity index is 1320. The minimum atomic E-state index is -0.756. The minimum Gasteiger partial charge on any atom is -0.493 e. The van der Waals surface area contributed by atoms with Crippen molar-refractivity contribution in [3.8, 4) is 17.2 Å². The molecule has 0 radical (unpaired) electrons. The van der Waals surface area contributed by atoms with Gasteiger partial charge in [-0.05, 0) is 23.6 Å². The maximum atomic E-state index is 14.0. The Labute approximate surface area is 232 Å². The second-order valence-corrected chi connectivity index (χ2v) is 9.00. The molecular weight excluding hydrogens is 519 g/mol. The van der Waals surface area contributed by atoms with Gasteiger partial charge in [0.15, 0.2) is 11.4 Å². The molecule has 1 heterocycles. The largest absolute Gasteiger partial charge is 0.493 e. The van der Waals surface area contributed by atoms with Gasteiger partial charge in [-0.2, -0.15) is 0 Å². The summed E-state index contributed by atoms with van der Waals surface area (Å²) in [6.07, 6.45) is 1.66. The average Bonchev–Trinajstić information content (AvgIpc) is 2.95. The average molecular weight is 553 g/mol. The van der Waals surface area contributed by atoms with Crippen molar-refractivity contribution in [1.82, 2.24) is 10.3 Å². The Hall–Kier alpha value is -4.47. The van der Waals surface area contributed by atoms with Gasteiger partial charge < -0.3 is 24.3 Å². The van der Waals surface area contributed by atoms with Crippen LogP contribution in [0.5, 0.6) is 17.2 Å². The standard InChI is InChI=1S/C30H33FN2O7/c1-5-15-38-26-17-23(31)12-11-22(26)16-25(19(2)21-9-7-6-8-10-21)40-27(35)18-33-30(36)28-29(39-20(3)34)24(37-4)13-14-32-28/h6-14,17,19,25H,5,15-16,18H2,1-4H3,(H,33,36). The fourth-order valence-electron chi connectivity index (χ4n) is 3.99. The van der Waals surface area contributed by atoms with Crippen LogP contribution in [0.1, 0.15) is 54.7 Å². The topological polar surface area (TPSA) is 113 Å². The van der Waals surface area contributed by atoms with E-state index < -0.39 is 36.3 Å². The predicted molar refractivity (Wildman–Crippen MR) is 145 cm³/mol. The fraction of sp³-hybridized carbons (Fsp3) is 0.333. The first kappa shape index (κ1) is 30.1. The molecule has 2 unspecified atom stereocenters. The highest BCUT2D eigenvalue weighted by Gasteiger charge is 2.26. The van der Waals surface area contributed by atoms with E-state index in [9.17, 15) is 18.8 Å². The van der Waals surface area contributed by atoms with Crippen LogP contribution in [0, 0.1) is 5.82 Å². The third-order valence-electron chi connectivity index (χ3n) is 6.02. The van der Waals surface area contributed by atoms with Crippen LogP contribution in [0.15, 0.2) is 60.8 Å². The SMILES string of the molecule is CCCOc1cc(F)ccc1CC(OC(=O)CNC(=O)c1nccc(OC)c1OC(C)=O)C(C)c1ccccc1. The molecule has 3 rings (SSSR count). The molecule has 0 aliphatic rings. The second kappa shape index (κ2) is 14.6. The molecule has 3 aromatic rings. The Balaban J connectivity index is 1.78. The normalized spacial score (nSPS) is 12.1. The van der Waals surface area contributed by atoms with E-state index in [4.69, 9.17) is 18.9 Å². The summed E-state index contributed by atoms with van der Waals surface area (Å²) in [6, 6.07) is 15.2. The number of benzene rings is 2. The Morgan fingerprint density at radius 2 is 1.80 bits per heavy atom. The van der Waals surface area contributed by atoms with Crippen LogP contribution in [0.2, 0.25) is 0 Å². The summed E-state index contributed by atoms with van der Waals surface area (Å²) in [5.74, 6) is -2.42. The van der Waals surface area contributed by atoms with Gasteiger partial charge in [-0.1, -0.05) is 50.2 Å². The molecule has 1 N–H and O–H groups in total. The maximum absolute atomic E-state index is 14.0. The summed E-state index contributed by atoms with van der Waals surface area (Å²) in [5.41, 5.74) is 1.40. The van der Waals surface area contributed by atoms with Gasteiger partial charge in [0.2, 0.25) is 5.75 Å². The smallest absolute Gasteiger partial charge is 0.325 e. The van der Waals surface area contributed by atoms with Crippen molar-refractivity contribution in [1.29, 1.82) is 0 Å². The van der Waals surface area contributed by atoms with Gasteiger partial charge in [-0.25, -0.2) is 9.37 Å². The van der Waals surface area contributed by atoms with Gasteiger partial charge >= 0.3 is 11.9 Å². The molecule has 0 saturated heterocycles. The van der Waals surface area contributed by atoms with Crippen molar-refractivity contribution < 1.29 is 37.7 Å². The van der Waals surface area contributed by atoms with Crippen LogP contribution >= 0.6 is 0 Å². The van der Waals surface area contributed by atoms with E-state index in [1.807, 2.05) is 44.2 Å². The molecule has 0 fully saturated rings. The molecule has 1 amide bonds. The summed E-state index contributed by atoms with van der Waals surface area (Å²) >= 11 is 0. The van der Waals surface area contributed by atoms with Crippen LogP contribution in [-0.2, 0) is 20.7 Å². The lowest BCUT2D eigenvalue weighted by Crippen LogP contribution is -2.35. The van der Waals surface area contributed by atoms with Gasteiger partial charge in [0, 0.05) is 37.6 Å². The number of esters is 2. The third-order valence-corrected chi connectivity index (χ3v) is 6.02. The number of nitrogens with zero attached hydrogens (tertiary/aromatic N) is 1. The van der Waals surface area contributed by atoms with Crippen molar-refractivity contribution in [3.05, 3.63) is 83.4 Å². The van der Waals surface area contributed by atoms with Crippen LogP contribution in [-0.4, -0.2) is 49.2 Å². The molecule has 0 aliphatic heterocycles. The number of hydrogen-bond acceptors (Lipinski definition) is 8. The number of rotatable bonds is 13. The van der Waals surface area contributed by atoms with E-state index >= 15 is 0 Å². The van der Waals surface area contributed by atoms with E-state index in [0.29, 0.717) is 17.9 Å². The number of hydrogen-bond donors (Lipinski definition) is 1. The monoisotopic (exact) mass is 552 g/mol. The number of carbonyl (C=O) groups excluding carboxylic acids is 3. The lowest BCUT2D eigenvalue weighted by molar-refractivity contribution is -0.148. The van der Waals surface area contributed by atoms with Gasteiger partial charge in [0.25, 0.3) is 5.91 Å². The van der Waals surface area contributed by atoms with E-state index in [2.05, 4.69) is 10.3 Å². The van der Waals surface area contributed by atoms with Crippen molar-refractivity contribution in [3.63, 3.8) is 0 Å². The minimum absolute atomic E-state index is 0.134. The van der Waals surface area contributed by atoms with Crippen LogP contribution in [0.3, 0.4) is 0 Å². The molecule has 10 heteroatoms. The second-order valence-electron chi connectivity index (χ2n) is 9.00. The highest BCUT2D eigenvalue weighted by Crippen LogP contribution is 2.30. The van der Waals surface area contributed by atoms with Gasteiger partial charge in [-0.15, -0.1) is 0 Å². The summed E-state index contributed by atoms with van der Waals surface area (Å²) in [4.78, 5) is 41.3. The molecule has 40 heavy (non-hydrogen) atoms. The molecule has 0 saturated carbocycles. The van der Waals surface area contributed by atoms with E-state index in [0.717, 1.165) is 12.0 Å². The first-order valence-corrected chi connectivity index (χ1v) is 12.9.